The molecule has 1 aliphatic rings. The second-order valence-electron chi connectivity index (χ2n) is 3.12. The van der Waals surface area contributed by atoms with Gasteiger partial charge in [0.1, 0.15) is 4.60 Å². The van der Waals surface area contributed by atoms with Crippen LogP contribution in [-0.4, -0.2) is 29.3 Å². The van der Waals surface area contributed by atoms with Crippen LogP contribution in [0.1, 0.15) is 12.8 Å². The molecule has 0 bridgehead atoms. The van der Waals surface area contributed by atoms with Crippen LogP contribution in [-0.2, 0) is 0 Å². The van der Waals surface area contributed by atoms with Crippen LogP contribution < -0.4 is 4.90 Å². The lowest BCUT2D eigenvalue weighted by atomic mass is 10.2. The highest BCUT2D eigenvalue weighted by Gasteiger charge is 2.25. The van der Waals surface area contributed by atoms with Crippen LogP contribution in [0.15, 0.2) is 9.98 Å². The van der Waals surface area contributed by atoms with E-state index in [0.717, 1.165) is 29.1 Å². The summed E-state index contributed by atoms with van der Waals surface area (Å²) in [6.45, 7) is 1.25. The quantitative estimate of drug-likeness (QED) is 0.884. The van der Waals surface area contributed by atoms with Gasteiger partial charge in [0.25, 0.3) is 0 Å². The molecule has 1 aromatic heterocycles. The van der Waals surface area contributed by atoms with Gasteiger partial charge in [-0.1, -0.05) is 0 Å². The standard InChI is InChI=1S/C8H11BrN2OS/c9-7-5-13-8(10-7)11-3-1-2-6(11)4-12/h5-6,12H,1-4H2. The Morgan fingerprint density at radius 3 is 3.23 bits per heavy atom. The minimum atomic E-state index is 0.233. The average molecular weight is 263 g/mol. The van der Waals surface area contributed by atoms with Crippen molar-refractivity contribution in [2.45, 2.75) is 18.9 Å². The number of aliphatic hydroxyl groups excluding tert-OH is 1. The fourth-order valence-corrected chi connectivity index (χ4v) is 3.00. The largest absolute Gasteiger partial charge is 0.394 e. The second kappa shape index (κ2) is 3.94. The van der Waals surface area contributed by atoms with Crippen LogP contribution in [0.3, 0.4) is 0 Å². The van der Waals surface area contributed by atoms with E-state index in [2.05, 4.69) is 25.8 Å². The number of hydrogen-bond acceptors (Lipinski definition) is 4. The minimum absolute atomic E-state index is 0.233. The van der Waals surface area contributed by atoms with Crippen molar-refractivity contribution in [3.8, 4) is 0 Å². The SMILES string of the molecule is OCC1CCCN1c1nc(Br)cs1. The zero-order valence-electron chi connectivity index (χ0n) is 7.11. The minimum Gasteiger partial charge on any atom is -0.394 e. The van der Waals surface area contributed by atoms with E-state index in [9.17, 15) is 0 Å². The van der Waals surface area contributed by atoms with Gasteiger partial charge in [-0.05, 0) is 28.8 Å². The summed E-state index contributed by atoms with van der Waals surface area (Å²) in [6, 6.07) is 0.276. The Labute approximate surface area is 89.5 Å². The van der Waals surface area contributed by atoms with Gasteiger partial charge in [-0.2, -0.15) is 0 Å². The molecule has 2 heterocycles. The monoisotopic (exact) mass is 262 g/mol. The molecule has 1 unspecified atom stereocenters. The maximum Gasteiger partial charge on any atom is 0.186 e. The van der Waals surface area contributed by atoms with E-state index in [-0.39, 0.29) is 12.6 Å². The van der Waals surface area contributed by atoms with Crippen LogP contribution in [0.4, 0.5) is 5.13 Å². The average Bonchev–Trinajstić information content (AvgIpc) is 2.71. The Bertz CT molecular complexity index is 291. The third-order valence-corrected chi connectivity index (χ3v) is 3.88. The second-order valence-corrected chi connectivity index (χ2v) is 4.77. The van der Waals surface area contributed by atoms with E-state index in [4.69, 9.17) is 5.11 Å². The Balaban J connectivity index is 2.15. The van der Waals surface area contributed by atoms with Crippen molar-refractivity contribution in [1.82, 2.24) is 4.98 Å². The zero-order valence-corrected chi connectivity index (χ0v) is 9.51. The summed E-state index contributed by atoms with van der Waals surface area (Å²) >= 11 is 4.95. The van der Waals surface area contributed by atoms with Crippen LogP contribution in [0, 0.1) is 0 Å². The molecule has 0 aromatic carbocycles. The summed E-state index contributed by atoms with van der Waals surface area (Å²) in [7, 11) is 0. The highest BCUT2D eigenvalue weighted by atomic mass is 79.9. The number of aromatic nitrogens is 1. The van der Waals surface area contributed by atoms with Crippen molar-refractivity contribution in [1.29, 1.82) is 0 Å². The molecule has 3 nitrogen and oxygen atoms in total. The van der Waals surface area contributed by atoms with E-state index < -0.39 is 0 Å². The summed E-state index contributed by atoms with van der Waals surface area (Å²) in [4.78, 5) is 6.53. The van der Waals surface area contributed by atoms with Crippen molar-refractivity contribution in [2.75, 3.05) is 18.1 Å². The summed E-state index contributed by atoms with van der Waals surface area (Å²) in [5.74, 6) is 0. The maximum absolute atomic E-state index is 9.13. The molecule has 0 saturated carbocycles. The topological polar surface area (TPSA) is 36.4 Å². The van der Waals surface area contributed by atoms with E-state index >= 15 is 0 Å². The van der Waals surface area contributed by atoms with Crippen molar-refractivity contribution in [2.24, 2.45) is 0 Å². The molecule has 0 spiro atoms. The molecule has 0 aliphatic carbocycles. The zero-order chi connectivity index (χ0) is 9.26. The Hall–Kier alpha value is -0.130. The van der Waals surface area contributed by atoms with E-state index in [0.29, 0.717) is 0 Å². The number of hydrogen-bond donors (Lipinski definition) is 1. The first kappa shape index (κ1) is 9.43. The van der Waals surface area contributed by atoms with Gasteiger partial charge in [0.15, 0.2) is 5.13 Å². The molecule has 13 heavy (non-hydrogen) atoms. The maximum atomic E-state index is 9.13. The van der Waals surface area contributed by atoms with E-state index in [1.165, 1.54) is 0 Å². The molecule has 1 atom stereocenters. The summed E-state index contributed by atoms with van der Waals surface area (Å²) in [5.41, 5.74) is 0. The number of halogens is 1. The normalized spacial score (nSPS) is 22.6. The summed E-state index contributed by atoms with van der Waals surface area (Å²) in [6.07, 6.45) is 2.23. The van der Waals surface area contributed by atoms with Gasteiger partial charge in [0.05, 0.1) is 12.6 Å². The Morgan fingerprint density at radius 2 is 2.62 bits per heavy atom. The number of rotatable bonds is 2. The highest BCUT2D eigenvalue weighted by Crippen LogP contribution is 2.29. The molecule has 1 N–H and O–H groups in total. The Morgan fingerprint density at radius 1 is 1.77 bits per heavy atom. The van der Waals surface area contributed by atoms with Crippen LogP contribution in [0.5, 0.6) is 0 Å². The molecule has 5 heteroatoms. The van der Waals surface area contributed by atoms with Gasteiger partial charge in [0, 0.05) is 11.9 Å². The predicted octanol–water partition coefficient (Wildman–Crippen LogP) is 1.87. The van der Waals surface area contributed by atoms with Crippen LogP contribution in [0.2, 0.25) is 0 Å². The number of nitrogens with zero attached hydrogens (tertiary/aromatic N) is 2. The molecule has 2 rings (SSSR count). The van der Waals surface area contributed by atoms with Gasteiger partial charge in [-0.25, -0.2) is 4.98 Å². The molecular weight excluding hydrogens is 252 g/mol. The third kappa shape index (κ3) is 1.87. The van der Waals surface area contributed by atoms with Gasteiger partial charge in [-0.3, -0.25) is 0 Å². The molecule has 1 aliphatic heterocycles. The molecule has 0 amide bonds. The molecular formula is C8H11BrN2OS. The molecule has 1 aromatic rings. The molecule has 72 valence electrons. The van der Waals surface area contributed by atoms with Crippen molar-refractivity contribution < 1.29 is 5.11 Å². The van der Waals surface area contributed by atoms with Gasteiger partial charge in [0.2, 0.25) is 0 Å². The predicted molar refractivity (Wildman–Crippen MR) is 57.3 cm³/mol. The Kier molecular flexibility index (Phi) is 2.86. The number of thiazole rings is 1. The lowest BCUT2D eigenvalue weighted by molar-refractivity contribution is 0.266. The van der Waals surface area contributed by atoms with E-state index in [1.54, 1.807) is 11.3 Å². The van der Waals surface area contributed by atoms with Gasteiger partial charge in [-0.15, -0.1) is 11.3 Å². The summed E-state index contributed by atoms with van der Waals surface area (Å²) < 4.78 is 0.885. The fourth-order valence-electron chi connectivity index (χ4n) is 1.65. The smallest absolute Gasteiger partial charge is 0.186 e. The van der Waals surface area contributed by atoms with Crippen molar-refractivity contribution in [3.05, 3.63) is 9.98 Å². The highest BCUT2D eigenvalue weighted by molar-refractivity contribution is 9.10. The first-order valence-corrected chi connectivity index (χ1v) is 5.97. The van der Waals surface area contributed by atoms with Gasteiger partial charge < -0.3 is 10.0 Å². The number of aliphatic hydroxyl groups is 1. The molecule has 1 saturated heterocycles. The molecule has 0 radical (unpaired) electrons. The fraction of sp³-hybridized carbons (Fsp3) is 0.625. The third-order valence-electron chi connectivity index (χ3n) is 2.30. The van der Waals surface area contributed by atoms with Crippen molar-refractivity contribution in [3.63, 3.8) is 0 Å². The molecule has 1 fully saturated rings. The lowest BCUT2D eigenvalue weighted by Crippen LogP contribution is -2.31. The first-order chi connectivity index (χ1) is 6.31. The van der Waals surface area contributed by atoms with Crippen LogP contribution >= 0.6 is 27.3 Å². The van der Waals surface area contributed by atoms with Gasteiger partial charge >= 0.3 is 0 Å². The summed E-state index contributed by atoms with van der Waals surface area (Å²) in [5, 5.41) is 12.1. The lowest BCUT2D eigenvalue weighted by Gasteiger charge is -2.21. The number of anilines is 1. The van der Waals surface area contributed by atoms with Crippen molar-refractivity contribution >= 4 is 32.4 Å². The van der Waals surface area contributed by atoms with E-state index in [1.807, 2.05) is 5.38 Å². The first-order valence-electron chi connectivity index (χ1n) is 4.30. The van der Waals surface area contributed by atoms with Crippen LogP contribution in [0.25, 0.3) is 0 Å².